The maximum Gasteiger partial charge on any atom is 0.0354 e. The largest absolute Gasteiger partial charge is 0.398 e. The molecular formula is C13H15NS2. The van der Waals surface area contributed by atoms with Crippen molar-refractivity contribution >= 4 is 28.8 Å². The van der Waals surface area contributed by atoms with Crippen molar-refractivity contribution in [3.8, 4) is 0 Å². The van der Waals surface area contributed by atoms with E-state index in [4.69, 9.17) is 5.73 Å². The standard InChI is InChI=1S/C13H15NS2/c1-10-12(14)3-2-4-13(10)16-8-6-11-5-7-15-9-11/h2-5,7,9H,6,8,14H2,1H3. The third kappa shape index (κ3) is 2.80. The van der Waals surface area contributed by atoms with Gasteiger partial charge < -0.3 is 5.73 Å². The number of thioether (sulfide) groups is 1. The minimum atomic E-state index is 0.889. The lowest BCUT2D eigenvalue weighted by molar-refractivity contribution is 1.17. The monoisotopic (exact) mass is 249 g/mol. The van der Waals surface area contributed by atoms with E-state index in [-0.39, 0.29) is 0 Å². The number of thiophene rings is 1. The first-order valence-corrected chi connectivity index (χ1v) is 7.19. The summed E-state index contributed by atoms with van der Waals surface area (Å²) in [5.41, 5.74) is 9.40. The molecule has 2 rings (SSSR count). The van der Waals surface area contributed by atoms with Gasteiger partial charge in [-0.15, -0.1) is 11.8 Å². The second-order valence-corrected chi connectivity index (χ2v) is 5.62. The predicted octanol–water partition coefficient (Wildman–Crippen LogP) is 3.97. The lowest BCUT2D eigenvalue weighted by Crippen LogP contribution is -1.92. The number of nitrogens with two attached hydrogens (primary N) is 1. The third-order valence-corrected chi connectivity index (χ3v) is 4.45. The summed E-state index contributed by atoms with van der Waals surface area (Å²) in [6.45, 7) is 2.09. The summed E-state index contributed by atoms with van der Waals surface area (Å²) in [6.07, 6.45) is 1.13. The van der Waals surface area contributed by atoms with E-state index in [9.17, 15) is 0 Å². The van der Waals surface area contributed by atoms with Gasteiger partial charge in [-0.3, -0.25) is 0 Å². The number of anilines is 1. The van der Waals surface area contributed by atoms with Gasteiger partial charge in [0.2, 0.25) is 0 Å². The average molecular weight is 249 g/mol. The van der Waals surface area contributed by atoms with E-state index >= 15 is 0 Å². The van der Waals surface area contributed by atoms with Gasteiger partial charge in [-0.1, -0.05) is 6.07 Å². The van der Waals surface area contributed by atoms with Gasteiger partial charge in [0.05, 0.1) is 0 Å². The Kier molecular flexibility index (Phi) is 3.91. The molecule has 1 aromatic carbocycles. The van der Waals surface area contributed by atoms with Gasteiger partial charge in [0.15, 0.2) is 0 Å². The van der Waals surface area contributed by atoms with Crippen LogP contribution in [0, 0.1) is 6.92 Å². The minimum Gasteiger partial charge on any atom is -0.398 e. The van der Waals surface area contributed by atoms with Gasteiger partial charge in [0.25, 0.3) is 0 Å². The van der Waals surface area contributed by atoms with E-state index < -0.39 is 0 Å². The number of nitrogen functional groups attached to an aromatic ring is 1. The van der Waals surface area contributed by atoms with E-state index in [0.717, 1.165) is 17.9 Å². The molecule has 0 aliphatic heterocycles. The van der Waals surface area contributed by atoms with Gasteiger partial charge in [-0.25, -0.2) is 0 Å². The molecule has 2 aromatic rings. The van der Waals surface area contributed by atoms with Crippen LogP contribution < -0.4 is 5.73 Å². The highest BCUT2D eigenvalue weighted by Crippen LogP contribution is 2.26. The van der Waals surface area contributed by atoms with Crippen LogP contribution in [0.3, 0.4) is 0 Å². The number of aryl methyl sites for hydroxylation is 1. The summed E-state index contributed by atoms with van der Waals surface area (Å²) in [4.78, 5) is 1.30. The second kappa shape index (κ2) is 5.41. The maximum atomic E-state index is 5.88. The first-order chi connectivity index (χ1) is 7.77. The van der Waals surface area contributed by atoms with Gasteiger partial charge in [-0.2, -0.15) is 11.3 Å². The zero-order chi connectivity index (χ0) is 11.4. The van der Waals surface area contributed by atoms with E-state index in [1.165, 1.54) is 16.0 Å². The van der Waals surface area contributed by atoms with Gasteiger partial charge in [0, 0.05) is 16.3 Å². The molecule has 0 saturated heterocycles. The first kappa shape index (κ1) is 11.6. The summed E-state index contributed by atoms with van der Waals surface area (Å²) >= 11 is 3.65. The first-order valence-electron chi connectivity index (χ1n) is 5.26. The molecule has 1 heterocycles. The summed E-state index contributed by atoms with van der Waals surface area (Å²) in [5.74, 6) is 1.11. The summed E-state index contributed by atoms with van der Waals surface area (Å²) in [5, 5.41) is 4.35. The number of hydrogen-bond donors (Lipinski definition) is 1. The Morgan fingerprint density at radius 2 is 2.19 bits per heavy atom. The number of rotatable bonds is 4. The van der Waals surface area contributed by atoms with E-state index in [1.807, 2.05) is 23.9 Å². The molecule has 0 unspecified atom stereocenters. The predicted molar refractivity (Wildman–Crippen MR) is 74.3 cm³/mol. The van der Waals surface area contributed by atoms with Crippen molar-refractivity contribution in [1.82, 2.24) is 0 Å². The Hall–Kier alpha value is -0.930. The molecule has 84 valence electrons. The van der Waals surface area contributed by atoms with Gasteiger partial charge in [-0.05, 0) is 53.4 Å². The number of hydrogen-bond acceptors (Lipinski definition) is 3. The molecule has 0 bridgehead atoms. The molecule has 0 aliphatic rings. The average Bonchev–Trinajstić information content (AvgIpc) is 2.77. The van der Waals surface area contributed by atoms with Crippen molar-refractivity contribution in [3.05, 3.63) is 46.2 Å². The molecule has 0 spiro atoms. The van der Waals surface area contributed by atoms with E-state index in [0.29, 0.717) is 0 Å². The molecular weight excluding hydrogens is 234 g/mol. The van der Waals surface area contributed by atoms with Crippen LogP contribution in [0.1, 0.15) is 11.1 Å². The smallest absolute Gasteiger partial charge is 0.0354 e. The fourth-order valence-electron chi connectivity index (χ4n) is 1.50. The Labute approximate surface area is 105 Å². The third-order valence-electron chi connectivity index (χ3n) is 2.55. The zero-order valence-corrected chi connectivity index (χ0v) is 10.9. The highest BCUT2D eigenvalue weighted by Gasteiger charge is 2.02. The molecule has 0 amide bonds. The Morgan fingerprint density at radius 1 is 1.31 bits per heavy atom. The highest BCUT2D eigenvalue weighted by atomic mass is 32.2. The van der Waals surface area contributed by atoms with Crippen LogP contribution in [0.5, 0.6) is 0 Å². The normalized spacial score (nSPS) is 10.6. The van der Waals surface area contributed by atoms with Crippen LogP contribution in [0.25, 0.3) is 0 Å². The summed E-state index contributed by atoms with van der Waals surface area (Å²) in [6, 6.07) is 8.31. The summed E-state index contributed by atoms with van der Waals surface area (Å²) in [7, 11) is 0. The van der Waals surface area contributed by atoms with Crippen LogP contribution in [-0.2, 0) is 6.42 Å². The summed E-state index contributed by atoms with van der Waals surface area (Å²) < 4.78 is 0. The van der Waals surface area contributed by atoms with Crippen molar-refractivity contribution in [1.29, 1.82) is 0 Å². The SMILES string of the molecule is Cc1c(N)cccc1SCCc1ccsc1. The molecule has 0 saturated carbocycles. The Bertz CT molecular complexity index is 449. The second-order valence-electron chi connectivity index (χ2n) is 3.70. The van der Waals surface area contributed by atoms with Crippen LogP contribution >= 0.6 is 23.1 Å². The van der Waals surface area contributed by atoms with Gasteiger partial charge in [0.1, 0.15) is 0 Å². The topological polar surface area (TPSA) is 26.0 Å². The fraction of sp³-hybridized carbons (Fsp3) is 0.231. The van der Waals surface area contributed by atoms with Gasteiger partial charge >= 0.3 is 0 Å². The zero-order valence-electron chi connectivity index (χ0n) is 9.27. The molecule has 0 atom stereocenters. The van der Waals surface area contributed by atoms with Crippen LogP contribution in [-0.4, -0.2) is 5.75 Å². The Morgan fingerprint density at radius 3 is 2.94 bits per heavy atom. The quantitative estimate of drug-likeness (QED) is 0.655. The van der Waals surface area contributed by atoms with Crippen molar-refractivity contribution in [2.45, 2.75) is 18.2 Å². The molecule has 2 N–H and O–H groups in total. The van der Waals surface area contributed by atoms with Crippen molar-refractivity contribution < 1.29 is 0 Å². The molecule has 0 radical (unpaired) electrons. The maximum absolute atomic E-state index is 5.88. The molecule has 16 heavy (non-hydrogen) atoms. The van der Waals surface area contributed by atoms with Crippen molar-refractivity contribution in [2.75, 3.05) is 11.5 Å². The lowest BCUT2D eigenvalue weighted by atomic mass is 10.2. The van der Waals surface area contributed by atoms with Crippen molar-refractivity contribution in [3.63, 3.8) is 0 Å². The lowest BCUT2D eigenvalue weighted by Gasteiger charge is -2.07. The molecule has 0 aliphatic carbocycles. The molecule has 0 fully saturated rings. The molecule has 1 aromatic heterocycles. The molecule has 3 heteroatoms. The van der Waals surface area contributed by atoms with Crippen molar-refractivity contribution in [2.24, 2.45) is 0 Å². The van der Waals surface area contributed by atoms with E-state index in [1.54, 1.807) is 11.3 Å². The van der Waals surface area contributed by atoms with E-state index in [2.05, 4.69) is 29.8 Å². The van der Waals surface area contributed by atoms with Crippen LogP contribution in [0.2, 0.25) is 0 Å². The Balaban J connectivity index is 1.92. The minimum absolute atomic E-state index is 0.889. The fourth-order valence-corrected chi connectivity index (χ4v) is 3.27. The highest BCUT2D eigenvalue weighted by molar-refractivity contribution is 7.99. The number of benzene rings is 1. The molecule has 1 nitrogen and oxygen atoms in total. The van der Waals surface area contributed by atoms with Crippen LogP contribution in [0.15, 0.2) is 39.9 Å². The van der Waals surface area contributed by atoms with Crippen LogP contribution in [0.4, 0.5) is 5.69 Å².